The van der Waals surface area contributed by atoms with Crippen LogP contribution in [0.4, 0.5) is 17.1 Å². The van der Waals surface area contributed by atoms with Crippen LogP contribution in [0.3, 0.4) is 0 Å². The van der Waals surface area contributed by atoms with Crippen LogP contribution in [-0.4, -0.2) is 0 Å². The van der Waals surface area contributed by atoms with Crippen LogP contribution >= 0.6 is 0 Å². The highest BCUT2D eigenvalue weighted by atomic mass is 15.1. The smallest absolute Gasteiger partial charge is 0.0719 e. The number of nitrogens with zero attached hydrogens (tertiary/aromatic N) is 1. The van der Waals surface area contributed by atoms with Crippen molar-refractivity contribution in [2.24, 2.45) is 0 Å². The molecule has 4 aliphatic carbocycles. The Kier molecular flexibility index (Phi) is 7.79. The highest BCUT2D eigenvalue weighted by Crippen LogP contribution is 2.65. The minimum absolute atomic E-state index is 0.0982. The highest BCUT2D eigenvalue weighted by molar-refractivity contribution is 5.96. The molecule has 0 aromatic heterocycles. The molecule has 2 unspecified atom stereocenters. The van der Waals surface area contributed by atoms with Crippen LogP contribution in [0.15, 0.2) is 231 Å². The molecule has 0 radical (unpaired) electrons. The van der Waals surface area contributed by atoms with Gasteiger partial charge in [0.2, 0.25) is 0 Å². The first-order chi connectivity index (χ1) is 32.5. The molecule has 0 heterocycles. The molecule has 310 valence electrons. The van der Waals surface area contributed by atoms with E-state index in [9.17, 15) is 0 Å². The minimum atomic E-state index is -0.486. The van der Waals surface area contributed by atoms with Gasteiger partial charge in [0.25, 0.3) is 0 Å². The fourth-order valence-electron chi connectivity index (χ4n) is 13.0. The van der Waals surface area contributed by atoms with Crippen LogP contribution in [0.5, 0.6) is 0 Å². The maximum absolute atomic E-state index is 2.54. The Balaban J connectivity index is 0.945. The van der Waals surface area contributed by atoms with Crippen molar-refractivity contribution in [2.75, 3.05) is 4.90 Å². The zero-order valence-corrected chi connectivity index (χ0v) is 37.0. The SMILES string of the molecule is CC1(C)c2ccccc2-c2cccc(-c3ccc(N(c4ccccc4)c4ccccc4-c4ccc5c(c4)C4(c6ccccc6-5)c5ccccc5C5c6ccccc6-c6cccc4c65)cc3)c21. The molecule has 1 spiro atoms. The molecule has 0 amide bonds. The van der Waals surface area contributed by atoms with Gasteiger partial charge in [-0.05, 0) is 137 Å². The van der Waals surface area contributed by atoms with Crippen molar-refractivity contribution in [2.45, 2.75) is 30.6 Å². The molecule has 66 heavy (non-hydrogen) atoms. The van der Waals surface area contributed by atoms with E-state index in [4.69, 9.17) is 0 Å². The van der Waals surface area contributed by atoms with Crippen molar-refractivity contribution in [3.8, 4) is 55.6 Å². The topological polar surface area (TPSA) is 3.24 Å². The van der Waals surface area contributed by atoms with Crippen molar-refractivity contribution < 1.29 is 0 Å². The molecule has 10 aromatic rings. The standard InChI is InChI=1S/C65H45N/c1-64(2)55-29-12-8-23-49(55)53-28-16-26-46(63(53)64)41-34-37-44(38-35-41)66(43-18-4-3-5-19-43)60-33-15-11-20-45(60)42-36-39-50-48-22-9-13-30-56(48)65(59(50)40-42)57-31-14-10-25-54(57)61-51-24-7-6-21-47(51)52-27-17-32-58(65)62(52)61/h3-40,61H,1-2H3. The summed E-state index contributed by atoms with van der Waals surface area (Å²) in [5, 5.41) is 0. The average molecular weight is 840 g/mol. The lowest BCUT2D eigenvalue weighted by atomic mass is 9.59. The molecule has 0 saturated heterocycles. The molecule has 10 aromatic carbocycles. The van der Waals surface area contributed by atoms with E-state index in [1.807, 2.05) is 0 Å². The molecule has 1 heteroatoms. The van der Waals surface area contributed by atoms with Crippen molar-refractivity contribution in [3.63, 3.8) is 0 Å². The summed E-state index contributed by atoms with van der Waals surface area (Å²) in [6, 6.07) is 86.8. The van der Waals surface area contributed by atoms with Crippen LogP contribution in [-0.2, 0) is 10.8 Å². The van der Waals surface area contributed by atoms with Crippen molar-refractivity contribution in [3.05, 3.63) is 281 Å². The lowest BCUT2D eigenvalue weighted by Gasteiger charge is -2.42. The molecule has 0 aliphatic heterocycles. The van der Waals surface area contributed by atoms with Crippen molar-refractivity contribution in [1.82, 2.24) is 0 Å². The fraction of sp³-hybridized carbons (Fsp3) is 0.0769. The largest absolute Gasteiger partial charge is 0.310 e. The van der Waals surface area contributed by atoms with Gasteiger partial charge in [-0.3, -0.25) is 0 Å². The summed E-state index contributed by atoms with van der Waals surface area (Å²) in [4.78, 5) is 2.44. The van der Waals surface area contributed by atoms with Crippen LogP contribution in [0.2, 0.25) is 0 Å². The van der Waals surface area contributed by atoms with Crippen molar-refractivity contribution >= 4 is 17.1 Å². The third-order valence-corrected chi connectivity index (χ3v) is 15.6. The number of fused-ring (bicyclic) bond motifs is 15. The second-order valence-corrected chi connectivity index (χ2v) is 19.1. The predicted octanol–water partition coefficient (Wildman–Crippen LogP) is 16.6. The van der Waals surface area contributed by atoms with Crippen molar-refractivity contribution in [1.29, 1.82) is 0 Å². The van der Waals surface area contributed by atoms with Gasteiger partial charge in [-0.2, -0.15) is 0 Å². The Hall–Kier alpha value is -8.00. The third kappa shape index (κ3) is 4.90. The van der Waals surface area contributed by atoms with Crippen LogP contribution in [0.1, 0.15) is 69.8 Å². The normalized spacial score (nSPS) is 17.0. The number of benzene rings is 10. The lowest BCUT2D eigenvalue weighted by molar-refractivity contribution is 0.662. The van der Waals surface area contributed by atoms with Gasteiger partial charge in [-0.25, -0.2) is 0 Å². The monoisotopic (exact) mass is 839 g/mol. The lowest BCUT2D eigenvalue weighted by Crippen LogP contribution is -2.35. The van der Waals surface area contributed by atoms with Crippen LogP contribution in [0.25, 0.3) is 55.6 Å². The van der Waals surface area contributed by atoms with Gasteiger partial charge in [0.1, 0.15) is 0 Å². The number of hydrogen-bond acceptors (Lipinski definition) is 1. The van der Waals surface area contributed by atoms with E-state index >= 15 is 0 Å². The summed E-state index contributed by atoms with van der Waals surface area (Å²) >= 11 is 0. The Morgan fingerprint density at radius 1 is 0.333 bits per heavy atom. The summed E-state index contributed by atoms with van der Waals surface area (Å²) in [5.74, 6) is 0.200. The molecule has 14 rings (SSSR count). The van der Waals surface area contributed by atoms with Gasteiger partial charge in [0.05, 0.1) is 11.1 Å². The second-order valence-electron chi connectivity index (χ2n) is 19.1. The highest BCUT2D eigenvalue weighted by Gasteiger charge is 2.54. The first-order valence-electron chi connectivity index (χ1n) is 23.4. The van der Waals surface area contributed by atoms with E-state index in [1.54, 1.807) is 0 Å². The number of para-hydroxylation sites is 2. The quantitative estimate of drug-likeness (QED) is 0.167. The van der Waals surface area contributed by atoms with Gasteiger partial charge in [0.15, 0.2) is 0 Å². The zero-order chi connectivity index (χ0) is 43.7. The van der Waals surface area contributed by atoms with Crippen LogP contribution < -0.4 is 4.90 Å². The summed E-state index contributed by atoms with van der Waals surface area (Å²) in [6.07, 6.45) is 0. The van der Waals surface area contributed by atoms with Crippen LogP contribution in [0, 0.1) is 0 Å². The maximum atomic E-state index is 2.54. The van der Waals surface area contributed by atoms with E-state index in [0.717, 1.165) is 17.1 Å². The maximum Gasteiger partial charge on any atom is 0.0719 e. The molecule has 0 bridgehead atoms. The summed E-state index contributed by atoms with van der Waals surface area (Å²) in [5.41, 5.74) is 28.3. The Bertz CT molecular complexity index is 3630. The average Bonchev–Trinajstić information content (AvgIpc) is 3.96. The van der Waals surface area contributed by atoms with E-state index in [-0.39, 0.29) is 11.3 Å². The first kappa shape index (κ1) is 37.4. The number of hydrogen-bond donors (Lipinski definition) is 0. The minimum Gasteiger partial charge on any atom is -0.310 e. The van der Waals surface area contributed by atoms with E-state index in [1.165, 1.54) is 106 Å². The molecular weight excluding hydrogens is 795 g/mol. The van der Waals surface area contributed by atoms with Gasteiger partial charge in [0, 0.05) is 28.3 Å². The summed E-state index contributed by atoms with van der Waals surface area (Å²) < 4.78 is 0. The molecule has 1 nitrogen and oxygen atoms in total. The third-order valence-electron chi connectivity index (χ3n) is 15.6. The van der Waals surface area contributed by atoms with E-state index in [0.29, 0.717) is 0 Å². The second kappa shape index (κ2) is 13.8. The molecule has 0 saturated carbocycles. The zero-order valence-electron chi connectivity index (χ0n) is 37.0. The van der Waals surface area contributed by atoms with E-state index < -0.39 is 5.41 Å². The van der Waals surface area contributed by atoms with Gasteiger partial charge in [-0.1, -0.05) is 208 Å². The molecule has 4 aliphatic rings. The van der Waals surface area contributed by atoms with E-state index in [2.05, 4.69) is 249 Å². The summed E-state index contributed by atoms with van der Waals surface area (Å²) in [7, 11) is 0. The molecule has 2 atom stereocenters. The van der Waals surface area contributed by atoms with Gasteiger partial charge >= 0.3 is 0 Å². The van der Waals surface area contributed by atoms with Gasteiger partial charge in [-0.15, -0.1) is 0 Å². The summed E-state index contributed by atoms with van der Waals surface area (Å²) in [6.45, 7) is 4.75. The fourth-order valence-corrected chi connectivity index (χ4v) is 13.0. The molecule has 0 fully saturated rings. The number of anilines is 3. The number of rotatable bonds is 5. The Morgan fingerprint density at radius 3 is 1.67 bits per heavy atom. The molecular formula is C65H45N. The molecule has 0 N–H and O–H groups in total. The van der Waals surface area contributed by atoms with Gasteiger partial charge < -0.3 is 4.90 Å². The first-order valence-corrected chi connectivity index (χ1v) is 23.4. The Morgan fingerprint density at radius 2 is 0.864 bits per heavy atom. The Labute approximate surface area is 387 Å². The predicted molar refractivity (Wildman–Crippen MR) is 273 cm³/mol.